The molecular weight excluding hydrogens is 384 g/mol. The maximum atomic E-state index is 8.29. The summed E-state index contributed by atoms with van der Waals surface area (Å²) in [4.78, 5) is 4.59. The maximum absolute atomic E-state index is 8.29. The Morgan fingerprint density at radius 3 is 2.29 bits per heavy atom. The third-order valence-electron chi connectivity index (χ3n) is 5.04. The number of nitrogens with zero attached hydrogens (tertiary/aromatic N) is 4. The molecule has 0 saturated heterocycles. The molecular formula is C26H22N4O. The van der Waals surface area contributed by atoms with Gasteiger partial charge in [-0.2, -0.15) is 5.26 Å². The Morgan fingerprint density at radius 1 is 0.968 bits per heavy atom. The predicted molar refractivity (Wildman–Crippen MR) is 121 cm³/mol. The topological polar surface area (TPSA) is 67.6 Å². The maximum Gasteiger partial charge on any atom is 0.141 e. The van der Waals surface area contributed by atoms with Crippen molar-refractivity contribution in [2.45, 2.75) is 20.4 Å². The van der Waals surface area contributed by atoms with Gasteiger partial charge in [0.25, 0.3) is 0 Å². The van der Waals surface area contributed by atoms with Crippen LogP contribution in [-0.2, 0) is 6.54 Å². The van der Waals surface area contributed by atoms with Crippen molar-refractivity contribution in [1.29, 1.82) is 5.26 Å². The molecule has 0 fully saturated rings. The van der Waals surface area contributed by atoms with Crippen LogP contribution in [0.15, 0.2) is 89.7 Å². The summed E-state index contributed by atoms with van der Waals surface area (Å²) in [5.74, 6) is 0.824. The molecule has 0 aliphatic carbocycles. The molecule has 5 nitrogen and oxygen atoms in total. The SMILES string of the molecule is Cc1noc(C)c1-c1cnc2ccn(Cc3ccccc3)c2c1.N#Cc1ccccc1. The first-order chi connectivity index (χ1) is 15.2. The van der Waals surface area contributed by atoms with Gasteiger partial charge in [-0.25, -0.2) is 0 Å². The normalized spacial score (nSPS) is 10.4. The second-order valence-electron chi connectivity index (χ2n) is 7.23. The van der Waals surface area contributed by atoms with Crippen molar-refractivity contribution in [2.24, 2.45) is 0 Å². The molecule has 2 aromatic carbocycles. The van der Waals surface area contributed by atoms with Gasteiger partial charge in [0.05, 0.1) is 28.4 Å². The van der Waals surface area contributed by atoms with Gasteiger partial charge in [0.15, 0.2) is 0 Å². The molecule has 3 heterocycles. The Balaban J connectivity index is 0.000000245. The summed E-state index contributed by atoms with van der Waals surface area (Å²) >= 11 is 0. The molecule has 5 aromatic rings. The molecule has 0 radical (unpaired) electrons. The second kappa shape index (κ2) is 9.10. The van der Waals surface area contributed by atoms with E-state index in [1.807, 2.05) is 50.4 Å². The Morgan fingerprint density at radius 2 is 1.68 bits per heavy atom. The lowest BCUT2D eigenvalue weighted by Crippen LogP contribution is -1.98. The van der Waals surface area contributed by atoms with E-state index in [0.29, 0.717) is 5.56 Å². The van der Waals surface area contributed by atoms with Crippen LogP contribution in [-0.4, -0.2) is 14.7 Å². The van der Waals surface area contributed by atoms with Crippen molar-refractivity contribution in [3.63, 3.8) is 0 Å². The van der Waals surface area contributed by atoms with Gasteiger partial charge in [0.1, 0.15) is 5.76 Å². The lowest BCUT2D eigenvalue weighted by atomic mass is 10.1. The fraction of sp³-hybridized carbons (Fsp3) is 0.115. The second-order valence-corrected chi connectivity index (χ2v) is 7.23. The highest BCUT2D eigenvalue weighted by Crippen LogP contribution is 2.29. The molecule has 3 aromatic heterocycles. The smallest absolute Gasteiger partial charge is 0.141 e. The van der Waals surface area contributed by atoms with Crippen LogP contribution in [0, 0.1) is 25.2 Å². The van der Waals surface area contributed by atoms with Gasteiger partial charge in [-0.15, -0.1) is 0 Å². The van der Waals surface area contributed by atoms with E-state index in [1.54, 1.807) is 12.1 Å². The number of aryl methyl sites for hydroxylation is 2. The van der Waals surface area contributed by atoms with Crippen LogP contribution in [0.2, 0.25) is 0 Å². The quantitative estimate of drug-likeness (QED) is 0.373. The molecule has 0 unspecified atom stereocenters. The number of fused-ring (bicyclic) bond motifs is 1. The minimum atomic E-state index is 0.715. The highest BCUT2D eigenvalue weighted by Gasteiger charge is 2.13. The summed E-state index contributed by atoms with van der Waals surface area (Å²) in [6.07, 6.45) is 3.98. The van der Waals surface area contributed by atoms with E-state index < -0.39 is 0 Å². The van der Waals surface area contributed by atoms with Crippen molar-refractivity contribution >= 4 is 11.0 Å². The van der Waals surface area contributed by atoms with Crippen LogP contribution < -0.4 is 0 Å². The molecule has 31 heavy (non-hydrogen) atoms. The van der Waals surface area contributed by atoms with Gasteiger partial charge in [0, 0.05) is 30.1 Å². The molecule has 0 saturated carbocycles. The zero-order valence-corrected chi connectivity index (χ0v) is 17.5. The highest BCUT2D eigenvalue weighted by atomic mass is 16.5. The Labute approximate surface area is 181 Å². The van der Waals surface area contributed by atoms with Crippen molar-refractivity contribution < 1.29 is 4.52 Å². The summed E-state index contributed by atoms with van der Waals surface area (Å²) < 4.78 is 7.51. The van der Waals surface area contributed by atoms with E-state index in [4.69, 9.17) is 9.78 Å². The molecule has 5 heteroatoms. The summed E-state index contributed by atoms with van der Waals surface area (Å²) in [6, 6.07) is 25.8. The zero-order valence-electron chi connectivity index (χ0n) is 17.5. The molecule has 0 bridgehead atoms. The lowest BCUT2D eigenvalue weighted by molar-refractivity contribution is 0.393. The molecule has 0 spiro atoms. The van der Waals surface area contributed by atoms with Gasteiger partial charge in [0.2, 0.25) is 0 Å². The molecule has 0 atom stereocenters. The van der Waals surface area contributed by atoms with Crippen LogP contribution in [0.25, 0.3) is 22.2 Å². The first-order valence-corrected chi connectivity index (χ1v) is 10.0. The van der Waals surface area contributed by atoms with E-state index in [-0.39, 0.29) is 0 Å². The summed E-state index contributed by atoms with van der Waals surface area (Å²) in [5, 5.41) is 12.3. The monoisotopic (exact) mass is 406 g/mol. The Bertz CT molecular complexity index is 1310. The third kappa shape index (κ3) is 4.54. The van der Waals surface area contributed by atoms with Crippen LogP contribution >= 0.6 is 0 Å². The van der Waals surface area contributed by atoms with Crippen molar-refractivity contribution in [3.8, 4) is 17.2 Å². The Kier molecular flexibility index (Phi) is 5.91. The van der Waals surface area contributed by atoms with E-state index in [0.717, 1.165) is 40.2 Å². The highest BCUT2D eigenvalue weighted by molar-refractivity contribution is 5.82. The fourth-order valence-corrected chi connectivity index (χ4v) is 3.53. The molecule has 0 N–H and O–H groups in total. The van der Waals surface area contributed by atoms with E-state index in [2.05, 4.69) is 57.3 Å². The zero-order chi connectivity index (χ0) is 21.6. The largest absolute Gasteiger partial charge is 0.361 e. The minimum Gasteiger partial charge on any atom is -0.361 e. The van der Waals surface area contributed by atoms with Gasteiger partial charge >= 0.3 is 0 Å². The van der Waals surface area contributed by atoms with E-state index in [1.165, 1.54) is 5.56 Å². The van der Waals surface area contributed by atoms with E-state index >= 15 is 0 Å². The van der Waals surface area contributed by atoms with Crippen molar-refractivity contribution in [1.82, 2.24) is 14.7 Å². The van der Waals surface area contributed by atoms with Gasteiger partial charge in [-0.05, 0) is 43.7 Å². The van der Waals surface area contributed by atoms with Crippen LogP contribution in [0.4, 0.5) is 0 Å². The van der Waals surface area contributed by atoms with Crippen LogP contribution in [0.1, 0.15) is 22.6 Å². The first kappa shape index (κ1) is 20.1. The van der Waals surface area contributed by atoms with Crippen LogP contribution in [0.5, 0.6) is 0 Å². The predicted octanol–water partition coefficient (Wildman–Crippen LogP) is 5.91. The number of benzene rings is 2. The average Bonchev–Trinajstić information content (AvgIpc) is 3.37. The van der Waals surface area contributed by atoms with Crippen molar-refractivity contribution in [3.05, 3.63) is 108 Å². The van der Waals surface area contributed by atoms with E-state index in [9.17, 15) is 0 Å². The molecule has 0 amide bonds. The van der Waals surface area contributed by atoms with Crippen LogP contribution in [0.3, 0.4) is 0 Å². The molecule has 0 aliphatic rings. The standard InChI is InChI=1S/C19H17N3O.C7H5N/c1-13-19(14(2)23-21-13)16-10-18-17(20-11-16)8-9-22(18)12-15-6-4-3-5-7-15;8-6-7-4-2-1-3-5-7/h3-11H,12H2,1-2H3;1-5H. The number of hydrogen-bond donors (Lipinski definition) is 0. The summed E-state index contributed by atoms with van der Waals surface area (Å²) in [6.45, 7) is 4.72. The first-order valence-electron chi connectivity index (χ1n) is 10.0. The minimum absolute atomic E-state index is 0.715. The lowest BCUT2D eigenvalue weighted by Gasteiger charge is -2.07. The van der Waals surface area contributed by atoms with Gasteiger partial charge in [-0.3, -0.25) is 4.98 Å². The summed E-state index contributed by atoms with van der Waals surface area (Å²) in [5.41, 5.74) is 7.07. The number of aromatic nitrogens is 3. The number of nitriles is 1. The van der Waals surface area contributed by atoms with Gasteiger partial charge < -0.3 is 9.09 Å². The molecule has 5 rings (SSSR count). The average molecular weight is 406 g/mol. The molecule has 0 aliphatic heterocycles. The molecule has 152 valence electrons. The van der Waals surface area contributed by atoms with Gasteiger partial charge in [-0.1, -0.05) is 53.7 Å². The number of hydrogen-bond acceptors (Lipinski definition) is 4. The number of rotatable bonds is 3. The number of pyridine rings is 1. The van der Waals surface area contributed by atoms with Crippen molar-refractivity contribution in [2.75, 3.05) is 0 Å². The third-order valence-corrected chi connectivity index (χ3v) is 5.04. The Hall–Kier alpha value is -4.17. The fourth-order valence-electron chi connectivity index (χ4n) is 3.53. The summed E-state index contributed by atoms with van der Waals surface area (Å²) in [7, 11) is 0.